The van der Waals surface area contributed by atoms with Gasteiger partial charge in [-0.1, -0.05) is 59.6 Å². The molecule has 4 rings (SSSR count). The molecule has 0 radical (unpaired) electrons. The fraction of sp³-hybridized carbons (Fsp3) is 0.125. The van der Waals surface area contributed by atoms with Crippen LogP contribution in [0.4, 0.5) is 10.8 Å². The Kier molecular flexibility index (Phi) is 8.46. The number of nitrogens with one attached hydrogen (secondary N) is 2. The molecule has 0 spiro atoms. The van der Waals surface area contributed by atoms with Crippen molar-refractivity contribution in [3.8, 4) is 0 Å². The van der Waals surface area contributed by atoms with Crippen molar-refractivity contribution in [1.82, 2.24) is 9.78 Å². The maximum Gasteiger partial charge on any atom is 0.340 e. The standard InChI is InChI=1S/C24H19BrCl2N4O2S2/c1-33-23(32)17-11-16(9-14-5-3-2-4-6-14)35-22(17)29-24(34)28-21-18(25)13-31(30-21)12-15-7-8-19(26)20(27)10-15/h2-8,10-11,13H,9,12H2,1H3,(H2,28,29,30,34). The van der Waals surface area contributed by atoms with Gasteiger partial charge in [-0.25, -0.2) is 4.79 Å². The van der Waals surface area contributed by atoms with Gasteiger partial charge in [0.25, 0.3) is 0 Å². The summed E-state index contributed by atoms with van der Waals surface area (Å²) >= 11 is 22.6. The SMILES string of the molecule is COC(=O)c1cc(Cc2ccccc2)sc1NC(=S)Nc1nn(Cc2ccc(Cl)c(Cl)c2)cc1Br. The Bertz CT molecular complexity index is 1380. The molecule has 180 valence electrons. The summed E-state index contributed by atoms with van der Waals surface area (Å²) in [5.41, 5.74) is 2.53. The molecule has 11 heteroatoms. The monoisotopic (exact) mass is 608 g/mol. The summed E-state index contributed by atoms with van der Waals surface area (Å²) in [7, 11) is 1.36. The maximum atomic E-state index is 12.4. The number of carbonyl (C=O) groups is 1. The van der Waals surface area contributed by atoms with Gasteiger partial charge < -0.3 is 15.4 Å². The number of carbonyl (C=O) groups excluding carboxylic acids is 1. The lowest BCUT2D eigenvalue weighted by atomic mass is 10.1. The summed E-state index contributed by atoms with van der Waals surface area (Å²) in [6.45, 7) is 0.498. The highest BCUT2D eigenvalue weighted by molar-refractivity contribution is 9.10. The van der Waals surface area contributed by atoms with Gasteiger partial charge >= 0.3 is 5.97 Å². The minimum absolute atomic E-state index is 0.295. The number of thiophene rings is 1. The van der Waals surface area contributed by atoms with Crippen LogP contribution in [0.2, 0.25) is 10.0 Å². The number of methoxy groups -OCH3 is 1. The van der Waals surface area contributed by atoms with E-state index in [0.29, 0.717) is 44.5 Å². The molecule has 2 N–H and O–H groups in total. The number of thiocarbonyl (C=S) groups is 1. The number of nitrogens with zero attached hydrogens (tertiary/aromatic N) is 2. The molecular formula is C24H19BrCl2N4O2S2. The Balaban J connectivity index is 1.47. The molecule has 2 aromatic heterocycles. The van der Waals surface area contributed by atoms with Gasteiger partial charge in [-0.3, -0.25) is 4.68 Å². The largest absolute Gasteiger partial charge is 0.465 e. The number of benzene rings is 2. The minimum atomic E-state index is -0.432. The van der Waals surface area contributed by atoms with Gasteiger partial charge in [-0.2, -0.15) is 5.10 Å². The quantitative estimate of drug-likeness (QED) is 0.170. The first-order chi connectivity index (χ1) is 16.8. The molecule has 0 amide bonds. The molecule has 4 aromatic rings. The highest BCUT2D eigenvalue weighted by Crippen LogP contribution is 2.31. The molecule has 2 heterocycles. The van der Waals surface area contributed by atoms with Gasteiger partial charge in [-0.15, -0.1) is 11.3 Å². The summed E-state index contributed by atoms with van der Waals surface area (Å²) in [6, 6.07) is 17.3. The van der Waals surface area contributed by atoms with Crippen LogP contribution < -0.4 is 10.6 Å². The molecule has 6 nitrogen and oxygen atoms in total. The van der Waals surface area contributed by atoms with E-state index in [4.69, 9.17) is 40.2 Å². The summed E-state index contributed by atoms with van der Waals surface area (Å²) < 4.78 is 7.43. The Morgan fingerprint density at radius 1 is 1.11 bits per heavy atom. The number of hydrogen-bond donors (Lipinski definition) is 2. The van der Waals surface area contributed by atoms with E-state index >= 15 is 0 Å². The second kappa shape index (κ2) is 11.5. The van der Waals surface area contributed by atoms with Crippen molar-refractivity contribution in [2.75, 3.05) is 17.7 Å². The lowest BCUT2D eigenvalue weighted by Crippen LogP contribution is -2.20. The average molecular weight is 610 g/mol. The van der Waals surface area contributed by atoms with Crippen molar-refractivity contribution in [3.63, 3.8) is 0 Å². The molecule has 0 aliphatic heterocycles. The first-order valence-electron chi connectivity index (χ1n) is 10.3. The smallest absolute Gasteiger partial charge is 0.340 e. The van der Waals surface area contributed by atoms with Crippen LogP contribution in [-0.4, -0.2) is 28.0 Å². The van der Waals surface area contributed by atoms with Crippen molar-refractivity contribution in [2.24, 2.45) is 0 Å². The number of hydrogen-bond acceptors (Lipinski definition) is 5. The summed E-state index contributed by atoms with van der Waals surface area (Å²) in [5, 5.41) is 12.6. The molecular weight excluding hydrogens is 591 g/mol. The molecule has 0 unspecified atom stereocenters. The minimum Gasteiger partial charge on any atom is -0.465 e. The first-order valence-corrected chi connectivity index (χ1v) is 13.1. The van der Waals surface area contributed by atoms with E-state index in [9.17, 15) is 4.79 Å². The lowest BCUT2D eigenvalue weighted by molar-refractivity contribution is 0.0602. The highest BCUT2D eigenvalue weighted by atomic mass is 79.9. The Labute approximate surface area is 230 Å². The molecule has 0 saturated carbocycles. The molecule has 0 atom stereocenters. The molecule has 2 aromatic carbocycles. The normalized spacial score (nSPS) is 10.7. The van der Waals surface area contributed by atoms with Crippen molar-refractivity contribution < 1.29 is 9.53 Å². The van der Waals surface area contributed by atoms with Gasteiger partial charge in [0.15, 0.2) is 10.9 Å². The summed E-state index contributed by atoms with van der Waals surface area (Å²) in [5.74, 6) is 0.0983. The predicted molar refractivity (Wildman–Crippen MR) is 150 cm³/mol. The second-order valence-electron chi connectivity index (χ2n) is 7.46. The lowest BCUT2D eigenvalue weighted by Gasteiger charge is -2.09. The van der Waals surface area contributed by atoms with E-state index in [1.165, 1.54) is 18.4 Å². The third-order valence-corrected chi connectivity index (χ3v) is 7.49. The number of anilines is 2. The van der Waals surface area contributed by atoms with Gasteiger partial charge in [0, 0.05) is 17.5 Å². The van der Waals surface area contributed by atoms with Crippen LogP contribution in [0.3, 0.4) is 0 Å². The van der Waals surface area contributed by atoms with Gasteiger partial charge in [0.05, 0.1) is 33.7 Å². The third kappa shape index (κ3) is 6.62. The van der Waals surface area contributed by atoms with Crippen LogP contribution in [-0.2, 0) is 17.7 Å². The number of ether oxygens (including phenoxy) is 1. The van der Waals surface area contributed by atoms with Crippen LogP contribution >= 0.6 is 62.7 Å². The van der Waals surface area contributed by atoms with Gasteiger partial charge in [0.2, 0.25) is 0 Å². The van der Waals surface area contributed by atoms with Gasteiger partial charge in [0.1, 0.15) is 5.00 Å². The van der Waals surface area contributed by atoms with E-state index in [-0.39, 0.29) is 0 Å². The fourth-order valence-electron chi connectivity index (χ4n) is 3.31. The number of halogens is 3. The molecule has 0 aliphatic carbocycles. The van der Waals surface area contributed by atoms with E-state index < -0.39 is 5.97 Å². The molecule has 35 heavy (non-hydrogen) atoms. The van der Waals surface area contributed by atoms with E-state index in [0.717, 1.165) is 20.5 Å². The Morgan fingerprint density at radius 3 is 2.60 bits per heavy atom. The van der Waals surface area contributed by atoms with Crippen molar-refractivity contribution in [1.29, 1.82) is 0 Å². The van der Waals surface area contributed by atoms with Gasteiger partial charge in [-0.05, 0) is 57.5 Å². The predicted octanol–water partition coefficient (Wildman–Crippen LogP) is 7.25. The van der Waals surface area contributed by atoms with Crippen LogP contribution in [0.25, 0.3) is 0 Å². The Morgan fingerprint density at radius 2 is 1.89 bits per heavy atom. The van der Waals surface area contributed by atoms with Crippen LogP contribution in [0, 0.1) is 0 Å². The molecule has 0 fully saturated rings. The van der Waals surface area contributed by atoms with Crippen LogP contribution in [0.1, 0.15) is 26.4 Å². The van der Waals surface area contributed by atoms with E-state index in [1.807, 2.05) is 48.7 Å². The second-order valence-corrected chi connectivity index (χ2v) is 10.7. The van der Waals surface area contributed by atoms with Crippen molar-refractivity contribution >= 4 is 84.6 Å². The number of rotatable bonds is 7. The topological polar surface area (TPSA) is 68.2 Å². The maximum absolute atomic E-state index is 12.4. The highest BCUT2D eigenvalue weighted by Gasteiger charge is 2.19. The molecule has 0 aliphatic rings. The number of aromatic nitrogens is 2. The number of esters is 1. The zero-order chi connectivity index (χ0) is 24.9. The third-order valence-electron chi connectivity index (χ3n) is 4.91. The zero-order valence-corrected chi connectivity index (χ0v) is 23.1. The Hall–Kier alpha value is -2.43. The van der Waals surface area contributed by atoms with Crippen molar-refractivity contribution in [3.05, 3.63) is 96.9 Å². The summed E-state index contributed by atoms with van der Waals surface area (Å²) in [6.07, 6.45) is 2.53. The molecule has 0 bridgehead atoms. The summed E-state index contributed by atoms with van der Waals surface area (Å²) in [4.78, 5) is 13.4. The average Bonchev–Trinajstić information content (AvgIpc) is 3.38. The zero-order valence-electron chi connectivity index (χ0n) is 18.3. The molecule has 0 saturated heterocycles. The van der Waals surface area contributed by atoms with E-state index in [1.54, 1.807) is 16.8 Å². The van der Waals surface area contributed by atoms with Crippen molar-refractivity contribution in [2.45, 2.75) is 13.0 Å². The van der Waals surface area contributed by atoms with Crippen LogP contribution in [0.5, 0.6) is 0 Å². The van der Waals surface area contributed by atoms with E-state index in [2.05, 4.69) is 31.7 Å². The first kappa shape index (κ1) is 25.7. The van der Waals surface area contributed by atoms with Crippen LogP contribution in [0.15, 0.2) is 65.3 Å². The fourth-order valence-corrected chi connectivity index (χ4v) is 5.39.